The lowest BCUT2D eigenvalue weighted by Crippen LogP contribution is -2.13. The molecule has 4 heteroatoms. The lowest BCUT2D eigenvalue weighted by Gasteiger charge is -2.10. The zero-order valence-corrected chi connectivity index (χ0v) is 13.0. The number of nitrogens with zero attached hydrogens (tertiary/aromatic N) is 2. The van der Waals surface area contributed by atoms with Gasteiger partial charge in [-0.05, 0) is 52.0 Å². The summed E-state index contributed by atoms with van der Waals surface area (Å²) in [6, 6.07) is 10.2. The molecule has 0 saturated heterocycles. The molecule has 0 amide bonds. The summed E-state index contributed by atoms with van der Waals surface area (Å²) in [5.74, 6) is 0.858. The van der Waals surface area contributed by atoms with E-state index in [-0.39, 0.29) is 6.10 Å². The Kier molecular flexibility index (Phi) is 4.10. The van der Waals surface area contributed by atoms with Gasteiger partial charge in [0, 0.05) is 10.9 Å². The Hall–Kier alpha value is -1.86. The van der Waals surface area contributed by atoms with E-state index in [1.165, 1.54) is 11.3 Å². The van der Waals surface area contributed by atoms with Gasteiger partial charge in [0.05, 0.1) is 17.9 Å². The van der Waals surface area contributed by atoms with E-state index in [1.807, 2.05) is 57.3 Å². The number of nitriles is 1. The van der Waals surface area contributed by atoms with E-state index in [2.05, 4.69) is 11.1 Å². The highest BCUT2D eigenvalue weighted by Gasteiger charge is 2.23. The minimum Gasteiger partial charge on any atom is -0.491 e. The summed E-state index contributed by atoms with van der Waals surface area (Å²) in [6.07, 6.45) is 0.170. The SMILES string of the molecule is CC(C)Oc1ccc(-c2csc(C(C)(C)C#N)n2)cc1. The molecule has 3 nitrogen and oxygen atoms in total. The van der Waals surface area contributed by atoms with Gasteiger partial charge in [0.15, 0.2) is 0 Å². The third-order valence-corrected chi connectivity index (χ3v) is 4.01. The van der Waals surface area contributed by atoms with Gasteiger partial charge in [0.2, 0.25) is 0 Å². The molecular weight excluding hydrogens is 268 g/mol. The first-order valence-electron chi connectivity index (χ1n) is 6.57. The fourth-order valence-corrected chi connectivity index (χ4v) is 2.62. The molecule has 0 aliphatic rings. The molecule has 0 spiro atoms. The van der Waals surface area contributed by atoms with Crippen LogP contribution in [0, 0.1) is 11.3 Å². The highest BCUT2D eigenvalue weighted by atomic mass is 32.1. The topological polar surface area (TPSA) is 45.9 Å². The zero-order valence-electron chi connectivity index (χ0n) is 12.2. The molecule has 20 heavy (non-hydrogen) atoms. The summed E-state index contributed by atoms with van der Waals surface area (Å²) in [7, 11) is 0. The monoisotopic (exact) mass is 286 g/mol. The van der Waals surface area contributed by atoms with Gasteiger partial charge in [-0.15, -0.1) is 11.3 Å². The average molecular weight is 286 g/mol. The number of hydrogen-bond donors (Lipinski definition) is 0. The number of benzene rings is 1. The Bertz CT molecular complexity index is 621. The van der Waals surface area contributed by atoms with E-state index in [0.717, 1.165) is 22.0 Å². The van der Waals surface area contributed by atoms with Crippen LogP contribution in [0.15, 0.2) is 29.6 Å². The third kappa shape index (κ3) is 3.17. The lowest BCUT2D eigenvalue weighted by molar-refractivity contribution is 0.242. The fourth-order valence-electron chi connectivity index (χ4n) is 1.72. The molecule has 0 bridgehead atoms. The maximum absolute atomic E-state index is 9.15. The summed E-state index contributed by atoms with van der Waals surface area (Å²) >= 11 is 1.53. The number of rotatable bonds is 4. The average Bonchev–Trinajstić information content (AvgIpc) is 2.89. The molecule has 1 heterocycles. The molecule has 0 saturated carbocycles. The van der Waals surface area contributed by atoms with Crippen molar-refractivity contribution in [2.45, 2.75) is 39.2 Å². The standard InChI is InChI=1S/C16H18N2OS/c1-11(2)19-13-7-5-12(6-8-13)14-9-20-15(18-14)16(3,4)10-17/h5-9,11H,1-4H3. The van der Waals surface area contributed by atoms with Crippen LogP contribution in [-0.2, 0) is 5.41 Å². The second-order valence-corrected chi connectivity index (χ2v) is 6.32. The molecule has 0 N–H and O–H groups in total. The molecule has 1 aromatic carbocycles. The van der Waals surface area contributed by atoms with Crippen LogP contribution in [0.1, 0.15) is 32.7 Å². The maximum atomic E-state index is 9.15. The Morgan fingerprint density at radius 2 is 1.90 bits per heavy atom. The van der Waals surface area contributed by atoms with Gasteiger partial charge in [-0.2, -0.15) is 5.26 Å². The molecule has 0 aliphatic heterocycles. The smallest absolute Gasteiger partial charge is 0.119 e. The van der Waals surface area contributed by atoms with Crippen LogP contribution in [0.25, 0.3) is 11.3 Å². The molecule has 1 aromatic heterocycles. The molecular formula is C16H18N2OS. The molecule has 0 aliphatic carbocycles. The van der Waals surface area contributed by atoms with Crippen molar-refractivity contribution in [3.05, 3.63) is 34.7 Å². The van der Waals surface area contributed by atoms with Crippen molar-refractivity contribution < 1.29 is 4.74 Å². The van der Waals surface area contributed by atoms with Crippen LogP contribution in [0.5, 0.6) is 5.75 Å². The Labute approximate surface area is 123 Å². The number of aromatic nitrogens is 1. The van der Waals surface area contributed by atoms with Crippen molar-refractivity contribution in [1.29, 1.82) is 5.26 Å². The van der Waals surface area contributed by atoms with Crippen LogP contribution < -0.4 is 4.74 Å². The fraction of sp³-hybridized carbons (Fsp3) is 0.375. The van der Waals surface area contributed by atoms with Crippen molar-refractivity contribution >= 4 is 11.3 Å². The van der Waals surface area contributed by atoms with Crippen molar-refractivity contribution in [1.82, 2.24) is 4.98 Å². The Morgan fingerprint density at radius 3 is 2.45 bits per heavy atom. The largest absolute Gasteiger partial charge is 0.491 e. The van der Waals surface area contributed by atoms with Gasteiger partial charge in [0.1, 0.15) is 16.2 Å². The molecule has 2 aromatic rings. The molecule has 0 atom stereocenters. The quantitative estimate of drug-likeness (QED) is 0.837. The second-order valence-electron chi connectivity index (χ2n) is 5.47. The van der Waals surface area contributed by atoms with Gasteiger partial charge in [0.25, 0.3) is 0 Å². The molecule has 2 rings (SSSR count). The van der Waals surface area contributed by atoms with E-state index in [0.29, 0.717) is 0 Å². The van der Waals surface area contributed by atoms with Crippen molar-refractivity contribution in [3.63, 3.8) is 0 Å². The van der Waals surface area contributed by atoms with Gasteiger partial charge in [-0.3, -0.25) is 0 Å². The zero-order chi connectivity index (χ0) is 14.8. The van der Waals surface area contributed by atoms with Crippen LogP contribution in [0.3, 0.4) is 0 Å². The van der Waals surface area contributed by atoms with E-state index in [1.54, 1.807) is 0 Å². The normalized spacial score (nSPS) is 11.4. The van der Waals surface area contributed by atoms with Gasteiger partial charge in [-0.25, -0.2) is 4.98 Å². The van der Waals surface area contributed by atoms with E-state index < -0.39 is 5.41 Å². The Morgan fingerprint density at radius 1 is 1.25 bits per heavy atom. The Balaban J connectivity index is 2.23. The highest BCUT2D eigenvalue weighted by molar-refractivity contribution is 7.10. The summed E-state index contributed by atoms with van der Waals surface area (Å²) in [6.45, 7) is 7.78. The van der Waals surface area contributed by atoms with Crippen LogP contribution >= 0.6 is 11.3 Å². The molecule has 0 fully saturated rings. The first kappa shape index (κ1) is 14.5. The third-order valence-electron chi connectivity index (χ3n) is 2.84. The number of ether oxygens (including phenoxy) is 1. The summed E-state index contributed by atoms with van der Waals surface area (Å²) < 4.78 is 5.62. The van der Waals surface area contributed by atoms with Crippen LogP contribution in [0.4, 0.5) is 0 Å². The van der Waals surface area contributed by atoms with E-state index >= 15 is 0 Å². The van der Waals surface area contributed by atoms with E-state index in [4.69, 9.17) is 10.00 Å². The number of hydrogen-bond acceptors (Lipinski definition) is 4. The van der Waals surface area contributed by atoms with Gasteiger partial charge in [-0.1, -0.05) is 0 Å². The second kappa shape index (κ2) is 5.64. The van der Waals surface area contributed by atoms with Crippen molar-refractivity contribution in [3.8, 4) is 23.1 Å². The van der Waals surface area contributed by atoms with Gasteiger partial charge >= 0.3 is 0 Å². The van der Waals surface area contributed by atoms with Crippen molar-refractivity contribution in [2.24, 2.45) is 0 Å². The first-order chi connectivity index (χ1) is 9.42. The minimum atomic E-state index is -0.538. The molecule has 104 valence electrons. The minimum absolute atomic E-state index is 0.170. The summed E-state index contributed by atoms with van der Waals surface area (Å²) in [5.41, 5.74) is 1.41. The summed E-state index contributed by atoms with van der Waals surface area (Å²) in [4.78, 5) is 4.57. The van der Waals surface area contributed by atoms with Crippen molar-refractivity contribution in [2.75, 3.05) is 0 Å². The molecule has 0 unspecified atom stereocenters. The highest BCUT2D eigenvalue weighted by Crippen LogP contribution is 2.30. The molecule has 0 radical (unpaired) electrons. The summed E-state index contributed by atoms with van der Waals surface area (Å²) in [5, 5.41) is 12.0. The first-order valence-corrected chi connectivity index (χ1v) is 7.44. The van der Waals surface area contributed by atoms with Gasteiger partial charge < -0.3 is 4.74 Å². The predicted octanol–water partition coefficient (Wildman–Crippen LogP) is 4.40. The van der Waals surface area contributed by atoms with E-state index in [9.17, 15) is 0 Å². The van der Waals surface area contributed by atoms with Crippen LogP contribution in [0.2, 0.25) is 0 Å². The number of thiazole rings is 1. The predicted molar refractivity (Wildman–Crippen MR) is 82.0 cm³/mol. The lowest BCUT2D eigenvalue weighted by atomic mass is 9.97. The maximum Gasteiger partial charge on any atom is 0.119 e. The van der Waals surface area contributed by atoms with Crippen LogP contribution in [-0.4, -0.2) is 11.1 Å².